The summed E-state index contributed by atoms with van der Waals surface area (Å²) in [7, 11) is 0. The number of aliphatic hydroxyl groups excluding tert-OH is 1. The first kappa shape index (κ1) is 11.1. The first-order chi connectivity index (χ1) is 7.44. The number of benzene rings is 1. The van der Waals surface area contributed by atoms with Crippen LogP contribution in [0, 0.1) is 0 Å². The molecule has 0 fully saturated rings. The second kappa shape index (κ2) is 3.59. The van der Waals surface area contributed by atoms with Gasteiger partial charge in [-0.15, -0.1) is 0 Å². The molecule has 3 nitrogen and oxygen atoms in total. The summed E-state index contributed by atoms with van der Waals surface area (Å²) in [5.74, 6) is 0.0644. The van der Waals surface area contributed by atoms with Gasteiger partial charge in [-0.2, -0.15) is 0 Å². The quantitative estimate of drug-likeness (QED) is 0.822. The molecule has 1 aromatic carbocycles. The number of nitrogens with zero attached hydrogens (tertiary/aromatic N) is 1. The molecular weight excluding hydrogens is 202 g/mol. The highest BCUT2D eigenvalue weighted by Crippen LogP contribution is 2.41. The summed E-state index contributed by atoms with van der Waals surface area (Å²) in [5.41, 5.74) is 1.49. The fraction of sp³-hybridized carbons (Fsp3) is 0.462. The van der Waals surface area contributed by atoms with Crippen LogP contribution in [0.15, 0.2) is 24.3 Å². The molecule has 16 heavy (non-hydrogen) atoms. The van der Waals surface area contributed by atoms with E-state index < -0.39 is 11.5 Å². The molecule has 1 N–H and O–H groups in total. The molecule has 0 spiro atoms. The maximum atomic E-state index is 12.2. The fourth-order valence-corrected chi connectivity index (χ4v) is 2.25. The first-order valence-electron chi connectivity index (χ1n) is 5.54. The van der Waals surface area contributed by atoms with Crippen LogP contribution in [-0.2, 0) is 10.2 Å². The summed E-state index contributed by atoms with van der Waals surface area (Å²) >= 11 is 0. The molecule has 1 aliphatic rings. The van der Waals surface area contributed by atoms with Crippen molar-refractivity contribution in [3.05, 3.63) is 29.8 Å². The molecule has 1 aliphatic heterocycles. The van der Waals surface area contributed by atoms with E-state index in [4.69, 9.17) is 0 Å². The Morgan fingerprint density at radius 3 is 2.62 bits per heavy atom. The minimum Gasteiger partial charge on any atom is -0.392 e. The second-order valence-corrected chi connectivity index (χ2v) is 4.91. The van der Waals surface area contributed by atoms with Crippen LogP contribution in [0.5, 0.6) is 0 Å². The number of hydrogen-bond donors (Lipinski definition) is 1. The molecule has 3 heteroatoms. The molecule has 0 aliphatic carbocycles. The molecule has 0 radical (unpaired) electrons. The van der Waals surface area contributed by atoms with Crippen LogP contribution in [0.3, 0.4) is 0 Å². The van der Waals surface area contributed by atoms with Gasteiger partial charge in [-0.05, 0) is 32.4 Å². The maximum absolute atomic E-state index is 12.2. The predicted octanol–water partition coefficient (Wildman–Crippen LogP) is 1.69. The minimum atomic E-state index is -0.508. The third kappa shape index (κ3) is 1.52. The molecule has 1 atom stereocenters. The standard InChI is InChI=1S/C13H17NO2/c1-9(15)8-14-11-7-5-4-6-10(11)13(2,3)12(14)16/h4-7,9,15H,8H2,1-3H3/t9-/m1/s1. The summed E-state index contributed by atoms with van der Waals surface area (Å²) in [6.07, 6.45) is -0.508. The van der Waals surface area contributed by atoms with Crippen molar-refractivity contribution in [3.8, 4) is 0 Å². The number of rotatable bonds is 2. The molecule has 86 valence electrons. The van der Waals surface area contributed by atoms with E-state index in [0.717, 1.165) is 11.3 Å². The van der Waals surface area contributed by atoms with Crippen molar-refractivity contribution in [2.45, 2.75) is 32.3 Å². The van der Waals surface area contributed by atoms with Crippen molar-refractivity contribution in [3.63, 3.8) is 0 Å². The summed E-state index contributed by atoms with van der Waals surface area (Å²) in [6.45, 7) is 5.91. The number of aliphatic hydroxyl groups is 1. The van der Waals surface area contributed by atoms with Crippen molar-refractivity contribution < 1.29 is 9.90 Å². The van der Waals surface area contributed by atoms with Gasteiger partial charge in [-0.1, -0.05) is 18.2 Å². The largest absolute Gasteiger partial charge is 0.392 e. The van der Waals surface area contributed by atoms with E-state index in [1.807, 2.05) is 38.1 Å². The molecule has 1 amide bonds. The monoisotopic (exact) mass is 219 g/mol. The Balaban J connectivity index is 2.47. The number of fused-ring (bicyclic) bond motifs is 1. The Kier molecular flexibility index (Phi) is 2.50. The third-order valence-electron chi connectivity index (χ3n) is 3.09. The number of carbonyl (C=O) groups is 1. The van der Waals surface area contributed by atoms with Gasteiger partial charge in [0.1, 0.15) is 0 Å². The Morgan fingerprint density at radius 1 is 1.38 bits per heavy atom. The van der Waals surface area contributed by atoms with Crippen molar-refractivity contribution in [1.29, 1.82) is 0 Å². The molecular formula is C13H17NO2. The summed E-state index contributed by atoms with van der Waals surface area (Å²) in [4.78, 5) is 13.9. The Labute approximate surface area is 95.7 Å². The number of anilines is 1. The zero-order chi connectivity index (χ0) is 11.9. The minimum absolute atomic E-state index is 0.0644. The third-order valence-corrected chi connectivity index (χ3v) is 3.09. The smallest absolute Gasteiger partial charge is 0.237 e. The highest BCUT2D eigenvalue weighted by atomic mass is 16.3. The van der Waals surface area contributed by atoms with E-state index in [1.54, 1.807) is 11.8 Å². The van der Waals surface area contributed by atoms with Crippen LogP contribution in [-0.4, -0.2) is 23.7 Å². The van der Waals surface area contributed by atoms with Gasteiger partial charge in [-0.3, -0.25) is 4.79 Å². The average molecular weight is 219 g/mol. The lowest BCUT2D eigenvalue weighted by molar-refractivity contribution is -0.122. The zero-order valence-electron chi connectivity index (χ0n) is 9.90. The highest BCUT2D eigenvalue weighted by Gasteiger charge is 2.43. The van der Waals surface area contributed by atoms with Crippen LogP contribution < -0.4 is 4.90 Å². The summed E-state index contributed by atoms with van der Waals surface area (Å²) in [6, 6.07) is 7.78. The molecule has 0 aromatic heterocycles. The van der Waals surface area contributed by atoms with Crippen LogP contribution in [0.25, 0.3) is 0 Å². The maximum Gasteiger partial charge on any atom is 0.237 e. The van der Waals surface area contributed by atoms with Crippen LogP contribution in [0.1, 0.15) is 26.3 Å². The summed E-state index contributed by atoms with van der Waals surface area (Å²) in [5, 5.41) is 9.43. The van der Waals surface area contributed by atoms with E-state index in [0.29, 0.717) is 6.54 Å². The number of hydrogen-bond acceptors (Lipinski definition) is 2. The van der Waals surface area contributed by atoms with Crippen molar-refractivity contribution in [1.82, 2.24) is 0 Å². The molecule has 0 saturated carbocycles. The highest BCUT2D eigenvalue weighted by molar-refractivity contribution is 6.07. The lowest BCUT2D eigenvalue weighted by Gasteiger charge is -2.21. The normalized spacial score (nSPS) is 19.8. The lowest BCUT2D eigenvalue weighted by Crippen LogP contribution is -2.39. The van der Waals surface area contributed by atoms with Gasteiger partial charge in [0.05, 0.1) is 18.1 Å². The second-order valence-electron chi connectivity index (χ2n) is 4.91. The first-order valence-corrected chi connectivity index (χ1v) is 5.54. The lowest BCUT2D eigenvalue weighted by atomic mass is 9.86. The molecule has 0 saturated heterocycles. The van der Waals surface area contributed by atoms with Crippen molar-refractivity contribution in [2.75, 3.05) is 11.4 Å². The van der Waals surface area contributed by atoms with E-state index in [1.165, 1.54) is 0 Å². The van der Waals surface area contributed by atoms with Crippen molar-refractivity contribution in [2.24, 2.45) is 0 Å². The number of carbonyl (C=O) groups excluding carboxylic acids is 1. The van der Waals surface area contributed by atoms with Gasteiger partial charge in [0.25, 0.3) is 0 Å². The van der Waals surface area contributed by atoms with Gasteiger partial charge < -0.3 is 10.0 Å². The Bertz CT molecular complexity index is 424. The van der Waals surface area contributed by atoms with E-state index in [9.17, 15) is 9.90 Å². The average Bonchev–Trinajstić information content (AvgIpc) is 2.41. The van der Waals surface area contributed by atoms with Gasteiger partial charge in [0, 0.05) is 5.69 Å². The van der Waals surface area contributed by atoms with E-state index in [2.05, 4.69) is 0 Å². The molecule has 1 heterocycles. The number of para-hydroxylation sites is 1. The molecule has 0 unspecified atom stereocenters. The Morgan fingerprint density at radius 2 is 2.00 bits per heavy atom. The van der Waals surface area contributed by atoms with Gasteiger partial charge >= 0.3 is 0 Å². The van der Waals surface area contributed by atoms with E-state index in [-0.39, 0.29) is 5.91 Å². The topological polar surface area (TPSA) is 40.5 Å². The van der Waals surface area contributed by atoms with Gasteiger partial charge in [-0.25, -0.2) is 0 Å². The fourth-order valence-electron chi connectivity index (χ4n) is 2.25. The van der Waals surface area contributed by atoms with Gasteiger partial charge in [0.2, 0.25) is 5.91 Å². The number of β-amino-alcohol motifs (C(OH)–C–C–N with tert-alkyl or cyclic N) is 1. The molecule has 2 rings (SSSR count). The zero-order valence-corrected chi connectivity index (χ0v) is 9.90. The van der Waals surface area contributed by atoms with Crippen LogP contribution in [0.2, 0.25) is 0 Å². The van der Waals surface area contributed by atoms with Gasteiger partial charge in [0.15, 0.2) is 0 Å². The Hall–Kier alpha value is -1.35. The van der Waals surface area contributed by atoms with Crippen molar-refractivity contribution >= 4 is 11.6 Å². The van der Waals surface area contributed by atoms with Crippen LogP contribution in [0.4, 0.5) is 5.69 Å². The van der Waals surface area contributed by atoms with Crippen LogP contribution >= 0.6 is 0 Å². The SMILES string of the molecule is C[C@@H](O)CN1C(=O)C(C)(C)c2ccccc21. The number of amides is 1. The van der Waals surface area contributed by atoms with E-state index >= 15 is 0 Å². The summed E-state index contributed by atoms with van der Waals surface area (Å²) < 4.78 is 0. The molecule has 0 bridgehead atoms. The predicted molar refractivity (Wildman–Crippen MR) is 63.5 cm³/mol. The molecule has 1 aromatic rings.